The van der Waals surface area contributed by atoms with Crippen LogP contribution in [-0.4, -0.2) is 4.98 Å². The molecule has 0 radical (unpaired) electrons. The summed E-state index contributed by atoms with van der Waals surface area (Å²) in [4.78, 5) is 3.85. The van der Waals surface area contributed by atoms with Crippen LogP contribution < -0.4 is 0 Å². The Morgan fingerprint density at radius 1 is 0.357 bits per heavy atom. The fourth-order valence-electron chi connectivity index (χ4n) is 2.03. The lowest BCUT2D eigenvalue weighted by Crippen LogP contribution is -1.68. The Morgan fingerprint density at radius 2 is 0.607 bits per heavy atom. The van der Waals surface area contributed by atoms with Crippen molar-refractivity contribution in [3.63, 3.8) is 0 Å². The third kappa shape index (κ3) is 13.1. The first-order valence-corrected chi connectivity index (χ1v) is 9.49. The van der Waals surface area contributed by atoms with Gasteiger partial charge < -0.3 is 0 Å². The first kappa shape index (κ1) is 22.9. The van der Waals surface area contributed by atoms with Crippen molar-refractivity contribution in [2.24, 2.45) is 0 Å². The van der Waals surface area contributed by atoms with E-state index in [1.54, 1.807) is 12.4 Å². The van der Waals surface area contributed by atoms with Crippen LogP contribution in [0.1, 0.15) is 22.3 Å². The molecular weight excluding hydrogens is 338 g/mol. The van der Waals surface area contributed by atoms with E-state index in [-0.39, 0.29) is 0 Å². The summed E-state index contributed by atoms with van der Waals surface area (Å²) in [7, 11) is 0. The molecule has 0 saturated carbocycles. The summed E-state index contributed by atoms with van der Waals surface area (Å²) in [6.45, 7) is 8.29. The smallest absolute Gasteiger partial charge is 0.0270 e. The molecule has 0 aliphatic rings. The van der Waals surface area contributed by atoms with Gasteiger partial charge in [-0.1, -0.05) is 108 Å². The van der Waals surface area contributed by atoms with E-state index in [1.165, 1.54) is 22.3 Å². The Hall–Kier alpha value is -3.19. The number of benzene rings is 3. The fraction of sp³-hybridized carbons (Fsp3) is 0.148. The monoisotopic (exact) mass is 369 g/mol. The van der Waals surface area contributed by atoms with Crippen molar-refractivity contribution in [3.8, 4) is 0 Å². The zero-order valence-corrected chi connectivity index (χ0v) is 17.4. The summed E-state index contributed by atoms with van der Waals surface area (Å²) >= 11 is 0. The normalized spacial score (nSPS) is 8.71. The highest BCUT2D eigenvalue weighted by Gasteiger charge is 1.74. The summed E-state index contributed by atoms with van der Waals surface area (Å²) in [5.41, 5.74) is 5.22. The zero-order chi connectivity index (χ0) is 20.5. The van der Waals surface area contributed by atoms with E-state index in [1.807, 2.05) is 73.7 Å². The molecule has 1 nitrogen and oxygen atoms in total. The number of nitrogens with zero attached hydrogens (tertiary/aromatic N) is 1. The minimum atomic E-state index is 1.26. The second kappa shape index (κ2) is 14.9. The molecule has 0 bridgehead atoms. The van der Waals surface area contributed by atoms with Gasteiger partial charge >= 0.3 is 0 Å². The van der Waals surface area contributed by atoms with Gasteiger partial charge in [0.15, 0.2) is 0 Å². The maximum Gasteiger partial charge on any atom is 0.0270 e. The van der Waals surface area contributed by atoms with Gasteiger partial charge in [0.25, 0.3) is 0 Å². The molecule has 144 valence electrons. The summed E-state index contributed by atoms with van der Waals surface area (Å²) in [6.07, 6.45) is 3.57. The summed E-state index contributed by atoms with van der Waals surface area (Å²) < 4.78 is 0. The maximum atomic E-state index is 3.85. The van der Waals surface area contributed by atoms with Gasteiger partial charge in [-0.15, -0.1) is 0 Å². The SMILES string of the molecule is Cc1ccccc1.Cc1ccccc1.Cc1ccccc1.Cc1ccncc1. The lowest BCUT2D eigenvalue weighted by Gasteiger charge is -1.82. The highest BCUT2D eigenvalue weighted by molar-refractivity contribution is 5.13. The van der Waals surface area contributed by atoms with E-state index in [9.17, 15) is 0 Å². The average molecular weight is 370 g/mol. The molecule has 0 spiro atoms. The van der Waals surface area contributed by atoms with E-state index in [4.69, 9.17) is 0 Å². The molecule has 0 atom stereocenters. The molecule has 0 unspecified atom stereocenters. The molecule has 0 aliphatic carbocycles. The van der Waals surface area contributed by atoms with Crippen LogP contribution in [0.4, 0.5) is 0 Å². The Bertz CT molecular complexity index is 676. The van der Waals surface area contributed by atoms with Crippen molar-refractivity contribution in [2.75, 3.05) is 0 Å². The van der Waals surface area contributed by atoms with E-state index < -0.39 is 0 Å². The Kier molecular flexibility index (Phi) is 12.2. The highest BCUT2D eigenvalue weighted by Crippen LogP contribution is 1.93. The molecule has 1 heteroatoms. The lowest BCUT2D eigenvalue weighted by atomic mass is 10.2. The molecule has 28 heavy (non-hydrogen) atoms. The molecule has 4 rings (SSSR count). The van der Waals surface area contributed by atoms with Gasteiger partial charge in [-0.2, -0.15) is 0 Å². The van der Waals surface area contributed by atoms with E-state index in [2.05, 4.69) is 62.2 Å². The van der Waals surface area contributed by atoms with Crippen LogP contribution in [-0.2, 0) is 0 Å². The van der Waals surface area contributed by atoms with Crippen molar-refractivity contribution in [1.29, 1.82) is 0 Å². The van der Waals surface area contributed by atoms with E-state index in [0.717, 1.165) is 0 Å². The Labute approximate surface area is 170 Å². The van der Waals surface area contributed by atoms with Crippen LogP contribution in [0.2, 0.25) is 0 Å². The second-order valence-electron chi connectivity index (χ2n) is 6.49. The maximum absolute atomic E-state index is 3.85. The van der Waals surface area contributed by atoms with Gasteiger partial charge in [-0.3, -0.25) is 4.98 Å². The molecule has 0 N–H and O–H groups in total. The van der Waals surface area contributed by atoms with Gasteiger partial charge in [0, 0.05) is 12.4 Å². The lowest BCUT2D eigenvalue weighted by molar-refractivity contribution is 1.29. The second-order valence-corrected chi connectivity index (χ2v) is 6.49. The molecular formula is C27H31N. The number of aryl methyl sites for hydroxylation is 4. The van der Waals surface area contributed by atoms with Gasteiger partial charge in [0.1, 0.15) is 0 Å². The molecule has 4 aromatic rings. The van der Waals surface area contributed by atoms with E-state index >= 15 is 0 Å². The van der Waals surface area contributed by atoms with Crippen molar-refractivity contribution in [2.45, 2.75) is 27.7 Å². The van der Waals surface area contributed by atoms with Crippen LogP contribution in [0.5, 0.6) is 0 Å². The predicted molar refractivity (Wildman–Crippen MR) is 123 cm³/mol. The Morgan fingerprint density at radius 3 is 0.750 bits per heavy atom. The average Bonchev–Trinajstić information content (AvgIpc) is 2.72. The topological polar surface area (TPSA) is 12.9 Å². The standard InChI is InChI=1S/3C7H8.C6H7N/c3*1-7-5-3-2-4-6-7;1-6-2-4-7-5-3-6/h3*2-6H,1H3;2-5H,1H3. The minimum absolute atomic E-state index is 1.26. The molecule has 3 aromatic carbocycles. The highest BCUT2D eigenvalue weighted by atomic mass is 14.6. The van der Waals surface area contributed by atoms with Crippen molar-refractivity contribution >= 4 is 0 Å². The fourth-order valence-corrected chi connectivity index (χ4v) is 2.03. The zero-order valence-electron chi connectivity index (χ0n) is 17.4. The van der Waals surface area contributed by atoms with Gasteiger partial charge in [-0.05, 0) is 45.4 Å². The molecule has 0 saturated heterocycles. The van der Waals surface area contributed by atoms with Crippen molar-refractivity contribution in [3.05, 3.63) is 138 Å². The molecule has 1 heterocycles. The number of rotatable bonds is 0. The predicted octanol–water partition coefficient (Wildman–Crippen LogP) is 7.38. The third-order valence-electron chi connectivity index (χ3n) is 3.67. The summed E-state index contributed by atoms with van der Waals surface area (Å²) in [5, 5.41) is 0. The first-order valence-electron chi connectivity index (χ1n) is 9.49. The number of aromatic nitrogens is 1. The number of hydrogen-bond donors (Lipinski definition) is 0. The van der Waals surface area contributed by atoms with Crippen LogP contribution in [0.25, 0.3) is 0 Å². The van der Waals surface area contributed by atoms with Gasteiger partial charge in [0.2, 0.25) is 0 Å². The molecule has 1 aromatic heterocycles. The number of pyridine rings is 1. The van der Waals surface area contributed by atoms with Gasteiger partial charge in [0.05, 0.1) is 0 Å². The Balaban J connectivity index is 0.000000187. The summed E-state index contributed by atoms with van der Waals surface area (Å²) in [6, 6.07) is 34.7. The van der Waals surface area contributed by atoms with Crippen LogP contribution in [0.3, 0.4) is 0 Å². The third-order valence-corrected chi connectivity index (χ3v) is 3.67. The molecule has 0 fully saturated rings. The van der Waals surface area contributed by atoms with Crippen LogP contribution in [0, 0.1) is 27.7 Å². The largest absolute Gasteiger partial charge is 0.265 e. The first-order chi connectivity index (χ1) is 13.6. The van der Waals surface area contributed by atoms with Crippen LogP contribution >= 0.6 is 0 Å². The van der Waals surface area contributed by atoms with Crippen LogP contribution in [0.15, 0.2) is 116 Å². The minimum Gasteiger partial charge on any atom is -0.265 e. The van der Waals surface area contributed by atoms with Crippen molar-refractivity contribution in [1.82, 2.24) is 4.98 Å². The summed E-state index contributed by atoms with van der Waals surface area (Å²) in [5.74, 6) is 0. The molecule has 0 aliphatic heterocycles. The quantitative estimate of drug-likeness (QED) is 0.315. The number of hydrogen-bond acceptors (Lipinski definition) is 1. The van der Waals surface area contributed by atoms with Crippen molar-refractivity contribution < 1.29 is 0 Å². The molecule has 0 amide bonds. The van der Waals surface area contributed by atoms with E-state index in [0.29, 0.717) is 0 Å². The van der Waals surface area contributed by atoms with Gasteiger partial charge in [-0.25, -0.2) is 0 Å².